The van der Waals surface area contributed by atoms with Crippen molar-refractivity contribution in [2.45, 2.75) is 13.8 Å². The van der Waals surface area contributed by atoms with Crippen LogP contribution in [0.5, 0.6) is 6.01 Å². The van der Waals surface area contributed by atoms with Crippen molar-refractivity contribution in [2.75, 3.05) is 6.61 Å². The summed E-state index contributed by atoms with van der Waals surface area (Å²) in [5, 5.41) is 10.4. The summed E-state index contributed by atoms with van der Waals surface area (Å²) in [4.78, 5) is 26.7. The minimum absolute atomic E-state index is 0.000556. The summed E-state index contributed by atoms with van der Waals surface area (Å²) in [5.74, 6) is 0. The molecule has 14 heavy (non-hydrogen) atoms. The average Bonchev–Trinajstić information content (AvgIpc) is 2.01. The Kier molecular flexibility index (Phi) is 2.80. The predicted molar refractivity (Wildman–Crippen MR) is 47.4 cm³/mol. The molecule has 0 fully saturated rings. The van der Waals surface area contributed by atoms with Crippen LogP contribution in [-0.2, 0) is 0 Å². The van der Waals surface area contributed by atoms with Gasteiger partial charge in [-0.3, -0.25) is 19.9 Å². The van der Waals surface area contributed by atoms with Gasteiger partial charge in [0.15, 0.2) is 0 Å². The van der Waals surface area contributed by atoms with Gasteiger partial charge in [0.2, 0.25) is 0 Å². The van der Waals surface area contributed by atoms with E-state index in [1.54, 1.807) is 6.92 Å². The largest absolute Gasteiger partial charge is 0.465 e. The maximum absolute atomic E-state index is 11.2. The van der Waals surface area contributed by atoms with Gasteiger partial charge in [0, 0.05) is 0 Å². The molecule has 1 heterocycles. The zero-order valence-electron chi connectivity index (χ0n) is 7.73. The normalized spacial score (nSPS) is 9.86. The second kappa shape index (κ2) is 3.86. The Morgan fingerprint density at radius 1 is 1.64 bits per heavy atom. The summed E-state index contributed by atoms with van der Waals surface area (Å²) in [7, 11) is 0. The highest BCUT2D eigenvalue weighted by atomic mass is 16.6. The lowest BCUT2D eigenvalue weighted by Gasteiger charge is -2.01. The summed E-state index contributed by atoms with van der Waals surface area (Å²) in [6, 6.07) is 0.000556. The van der Waals surface area contributed by atoms with Crippen LogP contribution in [-0.4, -0.2) is 21.5 Å². The zero-order valence-corrected chi connectivity index (χ0v) is 7.73. The highest BCUT2D eigenvalue weighted by Crippen LogP contribution is 2.10. The number of aromatic amines is 1. The van der Waals surface area contributed by atoms with Gasteiger partial charge < -0.3 is 4.74 Å². The van der Waals surface area contributed by atoms with Crippen LogP contribution in [0.25, 0.3) is 0 Å². The third kappa shape index (κ3) is 1.87. The maximum atomic E-state index is 11.2. The molecule has 0 saturated heterocycles. The first kappa shape index (κ1) is 10.2. The molecule has 0 aliphatic carbocycles. The third-order valence-corrected chi connectivity index (χ3v) is 1.51. The molecule has 0 aliphatic rings. The molecule has 0 saturated carbocycles. The van der Waals surface area contributed by atoms with Crippen molar-refractivity contribution < 1.29 is 9.66 Å². The van der Waals surface area contributed by atoms with E-state index in [0.717, 1.165) is 0 Å². The van der Waals surface area contributed by atoms with E-state index < -0.39 is 16.2 Å². The van der Waals surface area contributed by atoms with Crippen LogP contribution in [0.3, 0.4) is 0 Å². The van der Waals surface area contributed by atoms with Gasteiger partial charge in [-0.05, 0) is 13.8 Å². The fraction of sp³-hybridized carbons (Fsp3) is 0.429. The van der Waals surface area contributed by atoms with E-state index in [0.29, 0.717) is 6.61 Å². The Bertz CT molecular complexity index is 412. The lowest BCUT2D eigenvalue weighted by Crippen LogP contribution is -2.16. The smallest absolute Gasteiger partial charge is 0.355 e. The number of rotatable bonds is 3. The standard InChI is InChI=1S/C7H9N3O4/c1-3-14-7-8-4(2)5(10(12)13)6(11)9-7/h3H2,1-2H3,(H,8,9,11). The highest BCUT2D eigenvalue weighted by Gasteiger charge is 2.18. The van der Waals surface area contributed by atoms with Crippen LogP contribution in [0.2, 0.25) is 0 Å². The molecule has 0 aromatic carbocycles. The van der Waals surface area contributed by atoms with Crippen molar-refractivity contribution in [2.24, 2.45) is 0 Å². The Hall–Kier alpha value is -1.92. The Balaban J connectivity index is 3.25. The average molecular weight is 199 g/mol. The molecular weight excluding hydrogens is 190 g/mol. The summed E-state index contributed by atoms with van der Waals surface area (Å²) < 4.78 is 4.91. The van der Waals surface area contributed by atoms with Crippen LogP contribution >= 0.6 is 0 Å². The zero-order chi connectivity index (χ0) is 10.7. The molecule has 76 valence electrons. The Morgan fingerprint density at radius 3 is 2.71 bits per heavy atom. The summed E-state index contributed by atoms with van der Waals surface area (Å²) >= 11 is 0. The Morgan fingerprint density at radius 2 is 2.29 bits per heavy atom. The molecule has 0 aliphatic heterocycles. The lowest BCUT2D eigenvalue weighted by molar-refractivity contribution is -0.387. The number of ether oxygens (including phenoxy) is 1. The van der Waals surface area contributed by atoms with Crippen molar-refractivity contribution in [3.8, 4) is 6.01 Å². The van der Waals surface area contributed by atoms with Gasteiger partial charge in [0.25, 0.3) is 6.01 Å². The molecule has 1 aromatic rings. The van der Waals surface area contributed by atoms with Gasteiger partial charge in [-0.1, -0.05) is 0 Å². The monoisotopic (exact) mass is 199 g/mol. The molecular formula is C7H9N3O4. The van der Waals surface area contributed by atoms with E-state index >= 15 is 0 Å². The number of nitro groups is 1. The molecule has 0 atom stereocenters. The molecule has 1 N–H and O–H groups in total. The van der Waals surface area contributed by atoms with Gasteiger partial charge >= 0.3 is 11.2 Å². The van der Waals surface area contributed by atoms with Crippen LogP contribution < -0.4 is 10.3 Å². The second-order valence-corrected chi connectivity index (χ2v) is 2.50. The molecule has 0 radical (unpaired) electrons. The number of hydrogen-bond donors (Lipinski definition) is 1. The minimum Gasteiger partial charge on any atom is -0.465 e. The van der Waals surface area contributed by atoms with E-state index in [-0.39, 0.29) is 11.7 Å². The summed E-state index contributed by atoms with van der Waals surface area (Å²) in [6.07, 6.45) is 0. The third-order valence-electron chi connectivity index (χ3n) is 1.51. The van der Waals surface area contributed by atoms with Crippen molar-refractivity contribution >= 4 is 5.69 Å². The maximum Gasteiger partial charge on any atom is 0.355 e. The van der Waals surface area contributed by atoms with Crippen LogP contribution in [0, 0.1) is 17.0 Å². The fourth-order valence-electron chi connectivity index (χ4n) is 0.974. The number of aromatic nitrogens is 2. The van der Waals surface area contributed by atoms with Gasteiger partial charge in [0.05, 0.1) is 11.5 Å². The first-order valence-electron chi connectivity index (χ1n) is 3.94. The molecule has 1 aromatic heterocycles. The van der Waals surface area contributed by atoms with Crippen molar-refractivity contribution in [3.05, 3.63) is 26.2 Å². The van der Waals surface area contributed by atoms with Crippen LogP contribution in [0.15, 0.2) is 4.79 Å². The van der Waals surface area contributed by atoms with Crippen molar-refractivity contribution in [1.29, 1.82) is 0 Å². The van der Waals surface area contributed by atoms with Crippen LogP contribution in [0.4, 0.5) is 5.69 Å². The van der Waals surface area contributed by atoms with E-state index in [2.05, 4.69) is 9.97 Å². The molecule has 7 nitrogen and oxygen atoms in total. The van der Waals surface area contributed by atoms with E-state index in [1.165, 1.54) is 6.92 Å². The topological polar surface area (TPSA) is 98.1 Å². The number of aryl methyl sites for hydroxylation is 1. The lowest BCUT2D eigenvalue weighted by atomic mass is 10.4. The highest BCUT2D eigenvalue weighted by molar-refractivity contribution is 5.32. The van der Waals surface area contributed by atoms with Gasteiger partial charge in [-0.15, -0.1) is 0 Å². The molecule has 0 bridgehead atoms. The first-order chi connectivity index (χ1) is 6.56. The molecule has 0 spiro atoms. The Labute approximate surface area is 78.9 Å². The van der Waals surface area contributed by atoms with Gasteiger partial charge in [-0.2, -0.15) is 4.98 Å². The number of nitrogens with zero attached hydrogens (tertiary/aromatic N) is 2. The SMILES string of the molecule is CCOc1nc(C)c([N+](=O)[O-])c(=O)[nH]1. The molecule has 0 amide bonds. The number of H-pyrrole nitrogens is 1. The second-order valence-electron chi connectivity index (χ2n) is 2.50. The minimum atomic E-state index is -0.800. The quantitative estimate of drug-likeness (QED) is 0.560. The van der Waals surface area contributed by atoms with Crippen LogP contribution in [0.1, 0.15) is 12.6 Å². The molecule has 0 unspecified atom stereocenters. The van der Waals surface area contributed by atoms with Gasteiger partial charge in [0.1, 0.15) is 5.69 Å². The first-order valence-corrected chi connectivity index (χ1v) is 3.94. The van der Waals surface area contributed by atoms with E-state index in [9.17, 15) is 14.9 Å². The summed E-state index contributed by atoms with van der Waals surface area (Å²) in [5.41, 5.74) is -1.30. The fourth-order valence-corrected chi connectivity index (χ4v) is 0.974. The molecule has 7 heteroatoms. The van der Waals surface area contributed by atoms with E-state index in [1.807, 2.05) is 0 Å². The van der Waals surface area contributed by atoms with Crippen molar-refractivity contribution in [1.82, 2.24) is 9.97 Å². The van der Waals surface area contributed by atoms with E-state index in [4.69, 9.17) is 4.74 Å². The number of nitrogens with one attached hydrogen (secondary N) is 1. The predicted octanol–water partition coefficient (Wildman–Crippen LogP) is 0.385. The number of hydrogen-bond acceptors (Lipinski definition) is 5. The van der Waals surface area contributed by atoms with Crippen molar-refractivity contribution in [3.63, 3.8) is 0 Å². The van der Waals surface area contributed by atoms with Gasteiger partial charge in [-0.25, -0.2) is 0 Å². The molecule has 1 rings (SSSR count). The summed E-state index contributed by atoms with van der Waals surface area (Å²) in [6.45, 7) is 3.44.